The molecule has 2 aromatic carbocycles. The zero-order valence-corrected chi connectivity index (χ0v) is 16.9. The molecule has 0 aliphatic carbocycles. The molecule has 150 valence electrons. The first-order valence-electron chi connectivity index (χ1n) is 9.27. The van der Waals surface area contributed by atoms with Crippen LogP contribution < -0.4 is 5.32 Å². The molecule has 6 nitrogen and oxygen atoms in total. The van der Waals surface area contributed by atoms with Crippen molar-refractivity contribution in [1.29, 1.82) is 0 Å². The van der Waals surface area contributed by atoms with Crippen LogP contribution in [0.2, 0.25) is 0 Å². The van der Waals surface area contributed by atoms with Gasteiger partial charge in [-0.2, -0.15) is 0 Å². The minimum atomic E-state index is -1.02. The molecule has 0 fully saturated rings. The fraction of sp³-hybridized carbons (Fsp3) is 0.333. The van der Waals surface area contributed by atoms with Gasteiger partial charge in [-0.25, -0.2) is 4.79 Å². The van der Waals surface area contributed by atoms with Crippen LogP contribution in [-0.4, -0.2) is 31.4 Å². The molecule has 0 saturated heterocycles. The predicted octanol–water partition coefficient (Wildman–Crippen LogP) is 3.46. The predicted molar refractivity (Wildman–Crippen MR) is 109 cm³/mol. The van der Waals surface area contributed by atoms with Crippen LogP contribution in [-0.2, 0) is 31.9 Å². The summed E-state index contributed by atoms with van der Waals surface area (Å²) in [6.07, 6.45) is 1.08. The Balaban J connectivity index is 1.64. The number of alkyl carbamates (subject to hydrolysis) is 1. The topological polar surface area (TPSA) is 81.7 Å². The maximum atomic E-state index is 12.2. The molecule has 0 aliphatic heterocycles. The van der Waals surface area contributed by atoms with Gasteiger partial charge < -0.3 is 19.4 Å². The molecule has 0 bridgehead atoms. The molecule has 0 aliphatic rings. The van der Waals surface area contributed by atoms with E-state index in [0.717, 1.165) is 17.5 Å². The van der Waals surface area contributed by atoms with E-state index in [1.54, 1.807) is 0 Å². The van der Waals surface area contributed by atoms with Gasteiger partial charge in [0, 0.05) is 6.16 Å². The van der Waals surface area contributed by atoms with Gasteiger partial charge in [0.15, 0.2) is 0 Å². The molecule has 1 amide bonds. The molecule has 7 heteroatoms. The molecule has 0 heterocycles. The van der Waals surface area contributed by atoms with Crippen molar-refractivity contribution in [2.75, 3.05) is 19.3 Å². The number of hydrogen-bond donors (Lipinski definition) is 1. The number of carbonyl (C=O) groups excluding carboxylic acids is 2. The lowest BCUT2D eigenvalue weighted by atomic mass is 10.0. The lowest BCUT2D eigenvalue weighted by Crippen LogP contribution is -2.30. The maximum absolute atomic E-state index is 12.2. The molecule has 0 saturated carbocycles. The first-order valence-corrected chi connectivity index (χ1v) is 10.6. The summed E-state index contributed by atoms with van der Waals surface area (Å²) >= 11 is 0. The molecule has 28 heavy (non-hydrogen) atoms. The number of carbonyl (C=O) groups is 2. The third-order valence-electron chi connectivity index (χ3n) is 4.17. The summed E-state index contributed by atoms with van der Waals surface area (Å²) in [5, 5.41) is 2.54. The zero-order valence-electron chi connectivity index (χ0n) is 15.7. The lowest BCUT2D eigenvalue weighted by Gasteiger charge is -2.14. The summed E-state index contributed by atoms with van der Waals surface area (Å²) in [5.74, 6) is -0.767. The number of amides is 1. The van der Waals surface area contributed by atoms with E-state index in [-0.39, 0.29) is 25.7 Å². The van der Waals surface area contributed by atoms with Crippen molar-refractivity contribution in [2.45, 2.75) is 19.4 Å². The van der Waals surface area contributed by atoms with E-state index >= 15 is 0 Å². The van der Waals surface area contributed by atoms with Crippen LogP contribution in [0, 0.1) is 5.92 Å². The molecule has 2 rings (SSSR count). The molecule has 0 aromatic heterocycles. The van der Waals surface area contributed by atoms with Crippen molar-refractivity contribution in [3.8, 4) is 0 Å². The van der Waals surface area contributed by atoms with Crippen molar-refractivity contribution in [3.05, 3.63) is 71.8 Å². The average Bonchev–Trinajstić information content (AvgIpc) is 2.74. The van der Waals surface area contributed by atoms with Crippen molar-refractivity contribution < 1.29 is 23.6 Å². The number of benzene rings is 2. The standard InChI is InChI=1S/C21H26NO5P/c23-20(19(16-28-25)12-11-17-7-3-1-4-8-17)26-14-13-22-21(24)27-15-18-9-5-2-6-10-18/h1-10,19H,11-16,28H2,(H,22,24). The van der Waals surface area contributed by atoms with Gasteiger partial charge in [-0.15, -0.1) is 0 Å². The summed E-state index contributed by atoms with van der Waals surface area (Å²) in [7, 11) is -1.02. The van der Waals surface area contributed by atoms with Gasteiger partial charge in [-0.3, -0.25) is 4.79 Å². The molecular weight excluding hydrogens is 377 g/mol. The Bertz CT molecular complexity index is 739. The first kappa shape index (κ1) is 21.7. The van der Waals surface area contributed by atoms with Crippen LogP contribution in [0.15, 0.2) is 60.7 Å². The van der Waals surface area contributed by atoms with E-state index in [1.807, 2.05) is 60.7 Å². The average molecular weight is 403 g/mol. The molecule has 0 radical (unpaired) electrons. The minimum absolute atomic E-state index is 0.0509. The quantitative estimate of drug-likeness (QED) is 0.353. The number of hydrogen-bond acceptors (Lipinski definition) is 5. The Morgan fingerprint density at radius 3 is 2.21 bits per heavy atom. The van der Waals surface area contributed by atoms with Gasteiger partial charge in [-0.05, 0) is 24.0 Å². The van der Waals surface area contributed by atoms with Gasteiger partial charge in [-0.1, -0.05) is 60.7 Å². The zero-order chi connectivity index (χ0) is 20.0. The number of ether oxygens (including phenoxy) is 2. The highest BCUT2D eigenvalue weighted by molar-refractivity contribution is 7.23. The SMILES string of the molecule is O=[PH2]CC(CCc1ccccc1)C(=O)OCCNC(=O)OCc1ccccc1. The second-order valence-corrected chi connectivity index (χ2v) is 7.08. The van der Waals surface area contributed by atoms with E-state index in [1.165, 1.54) is 0 Å². The first-order chi connectivity index (χ1) is 13.7. The Labute approximate surface area is 166 Å². The van der Waals surface area contributed by atoms with Crippen LogP contribution in [0.25, 0.3) is 0 Å². The number of nitrogens with one attached hydrogen (secondary N) is 1. The largest absolute Gasteiger partial charge is 0.464 e. The van der Waals surface area contributed by atoms with Gasteiger partial charge in [0.1, 0.15) is 13.2 Å². The number of aryl methyl sites for hydroxylation is 1. The van der Waals surface area contributed by atoms with E-state index in [9.17, 15) is 14.2 Å². The van der Waals surface area contributed by atoms with Gasteiger partial charge in [0.25, 0.3) is 0 Å². The highest BCUT2D eigenvalue weighted by atomic mass is 31.1. The summed E-state index contributed by atoms with van der Waals surface area (Å²) in [5.41, 5.74) is 2.02. The molecule has 2 unspecified atom stereocenters. The summed E-state index contributed by atoms with van der Waals surface area (Å²) in [6.45, 7) is 0.393. The Hall–Kier alpha value is -2.59. The molecule has 2 atom stereocenters. The van der Waals surface area contributed by atoms with E-state index in [0.29, 0.717) is 12.6 Å². The fourth-order valence-corrected chi connectivity index (χ4v) is 3.29. The van der Waals surface area contributed by atoms with Crippen molar-refractivity contribution in [2.24, 2.45) is 5.92 Å². The minimum Gasteiger partial charge on any atom is -0.464 e. The van der Waals surface area contributed by atoms with E-state index in [2.05, 4.69) is 5.32 Å². The Morgan fingerprint density at radius 1 is 0.929 bits per heavy atom. The van der Waals surface area contributed by atoms with Crippen molar-refractivity contribution in [1.82, 2.24) is 5.32 Å². The van der Waals surface area contributed by atoms with Crippen LogP contribution in [0.1, 0.15) is 17.5 Å². The van der Waals surface area contributed by atoms with E-state index in [4.69, 9.17) is 9.47 Å². The Kier molecular flexibility index (Phi) is 9.87. The second kappa shape index (κ2) is 12.7. The second-order valence-electron chi connectivity index (χ2n) is 6.28. The van der Waals surface area contributed by atoms with Crippen LogP contribution in [0.3, 0.4) is 0 Å². The summed E-state index contributed by atoms with van der Waals surface area (Å²) < 4.78 is 21.4. The summed E-state index contributed by atoms with van der Waals surface area (Å²) in [6, 6.07) is 19.2. The van der Waals surface area contributed by atoms with Gasteiger partial charge >= 0.3 is 12.1 Å². The molecule has 0 spiro atoms. The highest BCUT2D eigenvalue weighted by Gasteiger charge is 2.19. The van der Waals surface area contributed by atoms with E-state index < -0.39 is 20.5 Å². The van der Waals surface area contributed by atoms with Crippen molar-refractivity contribution >= 4 is 20.5 Å². The fourth-order valence-electron chi connectivity index (χ4n) is 2.63. The number of rotatable bonds is 11. The third-order valence-corrected chi connectivity index (χ3v) is 4.93. The molecular formula is C21H26NO5P. The molecule has 1 N–H and O–H groups in total. The van der Waals surface area contributed by atoms with Gasteiger partial charge in [0.05, 0.1) is 20.9 Å². The highest BCUT2D eigenvalue weighted by Crippen LogP contribution is 2.16. The number of esters is 1. The third kappa shape index (κ3) is 8.40. The lowest BCUT2D eigenvalue weighted by molar-refractivity contribution is -0.147. The molecule has 2 aromatic rings. The van der Waals surface area contributed by atoms with Gasteiger partial charge in [0.2, 0.25) is 0 Å². The monoisotopic (exact) mass is 403 g/mol. The maximum Gasteiger partial charge on any atom is 0.407 e. The van der Waals surface area contributed by atoms with Crippen molar-refractivity contribution in [3.63, 3.8) is 0 Å². The van der Waals surface area contributed by atoms with Crippen LogP contribution in [0.4, 0.5) is 4.79 Å². The van der Waals surface area contributed by atoms with Crippen LogP contribution in [0.5, 0.6) is 0 Å². The Morgan fingerprint density at radius 2 is 1.57 bits per heavy atom. The normalized spacial score (nSPS) is 11.9. The smallest absolute Gasteiger partial charge is 0.407 e. The van der Waals surface area contributed by atoms with Crippen LogP contribution >= 0.6 is 8.46 Å². The summed E-state index contributed by atoms with van der Waals surface area (Å²) in [4.78, 5) is 23.9.